The highest BCUT2D eigenvalue weighted by molar-refractivity contribution is 5.96. The molecule has 1 unspecified atom stereocenters. The zero-order valence-corrected chi connectivity index (χ0v) is 18.0. The minimum atomic E-state index is -0.393. The van der Waals surface area contributed by atoms with Gasteiger partial charge >= 0.3 is 0 Å². The second-order valence-corrected chi connectivity index (χ2v) is 8.51. The van der Waals surface area contributed by atoms with Crippen LogP contribution in [0.5, 0.6) is 0 Å². The number of nitro benzene ring substituents is 1. The van der Waals surface area contributed by atoms with E-state index >= 15 is 0 Å². The van der Waals surface area contributed by atoms with E-state index in [0.29, 0.717) is 49.9 Å². The number of hydrogen-bond donors (Lipinski definition) is 0. The van der Waals surface area contributed by atoms with Crippen molar-refractivity contribution < 1.29 is 14.5 Å². The molecule has 2 heterocycles. The summed E-state index contributed by atoms with van der Waals surface area (Å²) in [6, 6.07) is 4.83. The molecule has 0 aliphatic carbocycles. The van der Waals surface area contributed by atoms with Gasteiger partial charge in [0.15, 0.2) is 0 Å². The first-order valence-corrected chi connectivity index (χ1v) is 10.5. The third kappa shape index (κ3) is 5.08. The summed E-state index contributed by atoms with van der Waals surface area (Å²) < 4.78 is 0. The van der Waals surface area contributed by atoms with Gasteiger partial charge in [-0.1, -0.05) is 6.92 Å². The van der Waals surface area contributed by atoms with Crippen molar-refractivity contribution in [2.75, 3.05) is 64.8 Å². The number of carbonyl (C=O) groups excluding carboxylic acids is 2. The molecule has 0 spiro atoms. The van der Waals surface area contributed by atoms with Crippen LogP contribution in [0, 0.1) is 16.0 Å². The molecule has 2 saturated heterocycles. The summed E-state index contributed by atoms with van der Waals surface area (Å²) in [5.41, 5.74) is 0.925. The number of nitro groups is 1. The van der Waals surface area contributed by atoms with Gasteiger partial charge in [0.25, 0.3) is 11.6 Å². The molecule has 2 fully saturated rings. The number of piperidine rings is 1. The van der Waals surface area contributed by atoms with E-state index in [4.69, 9.17) is 0 Å². The Bertz CT molecular complexity index is 805. The second kappa shape index (κ2) is 9.42. The number of anilines is 1. The van der Waals surface area contributed by atoms with Crippen molar-refractivity contribution in [2.45, 2.75) is 19.8 Å². The SMILES string of the molecule is CC1CCCN(c2ccc(C(=O)N3CCN(CC(=O)N(C)C)CC3)cc2[N+](=O)[O-])C1. The maximum Gasteiger partial charge on any atom is 0.293 e. The third-order valence-electron chi connectivity index (χ3n) is 5.93. The monoisotopic (exact) mass is 417 g/mol. The van der Waals surface area contributed by atoms with E-state index in [-0.39, 0.29) is 17.5 Å². The van der Waals surface area contributed by atoms with Crippen molar-refractivity contribution in [1.82, 2.24) is 14.7 Å². The Kier molecular flexibility index (Phi) is 6.91. The van der Waals surface area contributed by atoms with Crippen LogP contribution in [0.4, 0.5) is 11.4 Å². The van der Waals surface area contributed by atoms with Crippen LogP contribution in [0.1, 0.15) is 30.1 Å². The molecule has 1 atom stereocenters. The molecule has 0 saturated carbocycles. The van der Waals surface area contributed by atoms with Crippen LogP contribution in [-0.4, -0.2) is 91.3 Å². The second-order valence-electron chi connectivity index (χ2n) is 8.51. The number of hydrogen-bond acceptors (Lipinski definition) is 6. The molecule has 0 aromatic heterocycles. The number of amides is 2. The normalized spacial score (nSPS) is 20.2. The molecular weight excluding hydrogens is 386 g/mol. The first-order valence-electron chi connectivity index (χ1n) is 10.5. The summed E-state index contributed by atoms with van der Waals surface area (Å²) in [5, 5.41) is 11.7. The maximum absolute atomic E-state index is 12.9. The van der Waals surface area contributed by atoms with Gasteiger partial charge in [-0.2, -0.15) is 0 Å². The summed E-state index contributed by atoms with van der Waals surface area (Å²) >= 11 is 0. The molecule has 30 heavy (non-hydrogen) atoms. The van der Waals surface area contributed by atoms with E-state index in [2.05, 4.69) is 11.8 Å². The lowest BCUT2D eigenvalue weighted by Gasteiger charge is -2.35. The Balaban J connectivity index is 1.69. The summed E-state index contributed by atoms with van der Waals surface area (Å²) in [5.74, 6) is 0.332. The first-order chi connectivity index (χ1) is 14.3. The Labute approximate surface area is 177 Å². The lowest BCUT2D eigenvalue weighted by atomic mass is 9.99. The summed E-state index contributed by atoms with van der Waals surface area (Å²) in [7, 11) is 3.45. The van der Waals surface area contributed by atoms with Crippen molar-refractivity contribution in [3.63, 3.8) is 0 Å². The molecule has 2 aliphatic heterocycles. The van der Waals surface area contributed by atoms with Crippen molar-refractivity contribution >= 4 is 23.2 Å². The molecule has 9 nitrogen and oxygen atoms in total. The van der Waals surface area contributed by atoms with Gasteiger partial charge in [0.1, 0.15) is 5.69 Å². The summed E-state index contributed by atoms with van der Waals surface area (Å²) in [6.45, 7) is 6.30. The van der Waals surface area contributed by atoms with Gasteiger partial charge in [0.05, 0.1) is 11.5 Å². The lowest BCUT2D eigenvalue weighted by molar-refractivity contribution is -0.384. The standard InChI is InChI=1S/C21H31N5O4/c1-16-5-4-8-25(14-16)18-7-6-17(13-19(18)26(29)30)21(28)24-11-9-23(10-12-24)15-20(27)22(2)3/h6-7,13,16H,4-5,8-12,14-15H2,1-3H3. The molecule has 9 heteroatoms. The lowest BCUT2D eigenvalue weighted by Crippen LogP contribution is -2.51. The quantitative estimate of drug-likeness (QED) is 0.535. The van der Waals surface area contributed by atoms with E-state index in [1.807, 2.05) is 4.90 Å². The minimum absolute atomic E-state index is 0.00911. The summed E-state index contributed by atoms with van der Waals surface area (Å²) in [6.07, 6.45) is 2.15. The van der Waals surface area contributed by atoms with Crippen LogP contribution in [0.2, 0.25) is 0 Å². The molecule has 0 bridgehead atoms. The Morgan fingerprint density at radius 3 is 2.47 bits per heavy atom. The molecule has 0 N–H and O–H groups in total. The minimum Gasteiger partial charge on any atom is -0.366 e. The molecule has 0 radical (unpaired) electrons. The van der Waals surface area contributed by atoms with E-state index in [1.54, 1.807) is 36.0 Å². The van der Waals surface area contributed by atoms with Crippen LogP contribution in [0.15, 0.2) is 18.2 Å². The highest BCUT2D eigenvalue weighted by Crippen LogP contribution is 2.32. The van der Waals surface area contributed by atoms with Crippen molar-refractivity contribution in [3.8, 4) is 0 Å². The van der Waals surface area contributed by atoms with Crippen LogP contribution in [-0.2, 0) is 4.79 Å². The highest BCUT2D eigenvalue weighted by atomic mass is 16.6. The predicted molar refractivity (Wildman–Crippen MR) is 115 cm³/mol. The number of benzene rings is 1. The molecular formula is C21H31N5O4. The van der Waals surface area contributed by atoms with Crippen molar-refractivity contribution in [1.29, 1.82) is 0 Å². The smallest absolute Gasteiger partial charge is 0.293 e. The third-order valence-corrected chi connectivity index (χ3v) is 5.93. The van der Waals surface area contributed by atoms with Crippen LogP contribution >= 0.6 is 0 Å². The number of likely N-dealkylation sites (N-methyl/N-ethyl adjacent to an activating group) is 1. The number of rotatable bonds is 5. The van der Waals surface area contributed by atoms with Crippen molar-refractivity contribution in [3.05, 3.63) is 33.9 Å². The fourth-order valence-electron chi connectivity index (χ4n) is 4.10. The summed E-state index contributed by atoms with van der Waals surface area (Å²) in [4.78, 5) is 43.5. The molecule has 1 aromatic carbocycles. The van der Waals surface area contributed by atoms with Crippen LogP contribution < -0.4 is 4.90 Å². The van der Waals surface area contributed by atoms with E-state index in [9.17, 15) is 19.7 Å². The van der Waals surface area contributed by atoms with Gasteiger partial charge in [-0.15, -0.1) is 0 Å². The molecule has 2 aliphatic rings. The Hall–Kier alpha value is -2.68. The van der Waals surface area contributed by atoms with E-state index in [1.165, 1.54) is 6.07 Å². The highest BCUT2D eigenvalue weighted by Gasteiger charge is 2.28. The Morgan fingerprint density at radius 2 is 1.87 bits per heavy atom. The van der Waals surface area contributed by atoms with Gasteiger partial charge in [-0.3, -0.25) is 24.6 Å². The van der Waals surface area contributed by atoms with Gasteiger partial charge in [0.2, 0.25) is 5.91 Å². The fourth-order valence-corrected chi connectivity index (χ4v) is 4.10. The van der Waals surface area contributed by atoms with Crippen LogP contribution in [0.3, 0.4) is 0 Å². The topological polar surface area (TPSA) is 90.2 Å². The number of piperazine rings is 1. The molecule has 164 valence electrons. The molecule has 3 rings (SSSR count). The number of nitrogens with zero attached hydrogens (tertiary/aromatic N) is 5. The molecule has 1 aromatic rings. The van der Waals surface area contributed by atoms with Gasteiger partial charge in [0, 0.05) is 65.0 Å². The average molecular weight is 418 g/mol. The fraction of sp³-hybridized carbons (Fsp3) is 0.619. The largest absolute Gasteiger partial charge is 0.366 e. The van der Waals surface area contributed by atoms with Gasteiger partial charge < -0.3 is 14.7 Å². The van der Waals surface area contributed by atoms with E-state index in [0.717, 1.165) is 25.9 Å². The average Bonchev–Trinajstić information content (AvgIpc) is 2.73. The zero-order valence-electron chi connectivity index (χ0n) is 18.0. The first kappa shape index (κ1) is 22.0. The van der Waals surface area contributed by atoms with E-state index < -0.39 is 4.92 Å². The maximum atomic E-state index is 12.9. The Morgan fingerprint density at radius 1 is 1.17 bits per heavy atom. The zero-order chi connectivity index (χ0) is 21.8. The van der Waals surface area contributed by atoms with Crippen LogP contribution in [0.25, 0.3) is 0 Å². The van der Waals surface area contributed by atoms with Gasteiger partial charge in [-0.25, -0.2) is 0 Å². The number of carbonyl (C=O) groups is 2. The molecule has 2 amide bonds. The van der Waals surface area contributed by atoms with Crippen molar-refractivity contribution in [2.24, 2.45) is 5.92 Å². The van der Waals surface area contributed by atoms with Gasteiger partial charge in [-0.05, 0) is 30.9 Å². The predicted octanol–water partition coefficient (Wildman–Crippen LogP) is 1.68.